The van der Waals surface area contributed by atoms with Gasteiger partial charge in [-0.15, -0.1) is 11.6 Å². The van der Waals surface area contributed by atoms with Gasteiger partial charge in [0.25, 0.3) is 5.69 Å². The van der Waals surface area contributed by atoms with Crippen molar-refractivity contribution in [2.75, 3.05) is 0 Å². The van der Waals surface area contributed by atoms with E-state index in [4.69, 9.17) is 11.6 Å². The Morgan fingerprint density at radius 3 is 2.62 bits per heavy atom. The number of carbonyl (C=O) groups is 1. The summed E-state index contributed by atoms with van der Waals surface area (Å²) in [7, 11) is 0. The van der Waals surface area contributed by atoms with Gasteiger partial charge >= 0.3 is 0 Å². The average Bonchev–Trinajstić information content (AvgIpc) is 2.16. The monoisotopic (exact) mass is 199 g/mol. The van der Waals surface area contributed by atoms with Crippen molar-refractivity contribution in [3.8, 4) is 0 Å². The molecule has 0 saturated carbocycles. The van der Waals surface area contributed by atoms with E-state index in [2.05, 4.69) is 0 Å². The number of alkyl halides is 1. The molecular weight excluding hydrogens is 194 g/mol. The summed E-state index contributed by atoms with van der Waals surface area (Å²) in [6, 6.07) is 4.08. The molecule has 4 nitrogen and oxygen atoms in total. The average molecular weight is 200 g/mol. The third kappa shape index (κ3) is 2.26. The highest BCUT2D eigenvalue weighted by molar-refractivity contribution is 6.17. The van der Waals surface area contributed by atoms with Crippen molar-refractivity contribution in [2.45, 2.75) is 5.88 Å². The molecule has 0 fully saturated rings. The highest BCUT2D eigenvalue weighted by Crippen LogP contribution is 2.17. The molecule has 0 radical (unpaired) electrons. The maximum Gasteiger partial charge on any atom is 0.270 e. The van der Waals surface area contributed by atoms with Gasteiger partial charge in [0.05, 0.1) is 4.92 Å². The van der Waals surface area contributed by atoms with Crippen LogP contribution in [-0.2, 0) is 5.88 Å². The van der Waals surface area contributed by atoms with Crippen LogP contribution >= 0.6 is 11.6 Å². The van der Waals surface area contributed by atoms with Crippen molar-refractivity contribution in [3.63, 3.8) is 0 Å². The number of aldehydes is 1. The van der Waals surface area contributed by atoms with Gasteiger partial charge in [-0.2, -0.15) is 0 Å². The molecule has 0 N–H and O–H groups in total. The Morgan fingerprint density at radius 2 is 2.15 bits per heavy atom. The lowest BCUT2D eigenvalue weighted by Crippen LogP contribution is -1.92. The van der Waals surface area contributed by atoms with Gasteiger partial charge in [-0.1, -0.05) is 0 Å². The van der Waals surface area contributed by atoms with E-state index in [1.807, 2.05) is 0 Å². The summed E-state index contributed by atoms with van der Waals surface area (Å²) < 4.78 is 0. The molecule has 0 bridgehead atoms. The molecule has 0 spiro atoms. The summed E-state index contributed by atoms with van der Waals surface area (Å²) in [6.07, 6.45) is 0.559. The van der Waals surface area contributed by atoms with Crippen LogP contribution in [0.5, 0.6) is 0 Å². The normalized spacial score (nSPS) is 9.62. The number of hydrogen-bond donors (Lipinski definition) is 0. The third-order valence-corrected chi connectivity index (χ3v) is 1.81. The molecule has 1 aromatic carbocycles. The first kappa shape index (κ1) is 9.67. The Morgan fingerprint density at radius 1 is 1.46 bits per heavy atom. The van der Waals surface area contributed by atoms with Gasteiger partial charge in [-0.3, -0.25) is 14.9 Å². The third-order valence-electron chi connectivity index (χ3n) is 1.50. The SMILES string of the molecule is O=Cc1cc(CCl)cc([N+](=O)[O-])c1. The molecule has 0 aliphatic heterocycles. The Hall–Kier alpha value is -1.42. The first-order chi connectivity index (χ1) is 6.17. The van der Waals surface area contributed by atoms with Crippen LogP contribution < -0.4 is 0 Å². The van der Waals surface area contributed by atoms with Crippen molar-refractivity contribution >= 4 is 23.6 Å². The topological polar surface area (TPSA) is 60.2 Å². The fraction of sp³-hybridized carbons (Fsp3) is 0.125. The number of nitro groups is 1. The molecule has 1 aromatic rings. The van der Waals surface area contributed by atoms with Crippen molar-refractivity contribution in [3.05, 3.63) is 39.4 Å². The standard InChI is InChI=1S/C8H6ClNO3/c9-4-6-1-7(5-11)3-8(2-6)10(12)13/h1-3,5H,4H2. The van der Waals surface area contributed by atoms with E-state index in [-0.39, 0.29) is 17.1 Å². The summed E-state index contributed by atoms with van der Waals surface area (Å²) >= 11 is 5.49. The number of hydrogen-bond acceptors (Lipinski definition) is 3. The molecule has 0 unspecified atom stereocenters. The number of nitrogens with zero attached hydrogens (tertiary/aromatic N) is 1. The smallest absolute Gasteiger partial charge is 0.270 e. The number of benzene rings is 1. The van der Waals surface area contributed by atoms with Gasteiger partial charge in [-0.25, -0.2) is 0 Å². The van der Waals surface area contributed by atoms with E-state index in [9.17, 15) is 14.9 Å². The highest BCUT2D eigenvalue weighted by Gasteiger charge is 2.08. The van der Waals surface area contributed by atoms with Crippen LogP contribution in [0.1, 0.15) is 15.9 Å². The fourth-order valence-corrected chi connectivity index (χ4v) is 1.10. The van der Waals surface area contributed by atoms with Crippen molar-refractivity contribution in [1.29, 1.82) is 0 Å². The highest BCUT2D eigenvalue weighted by atomic mass is 35.5. The van der Waals surface area contributed by atoms with E-state index < -0.39 is 4.92 Å². The zero-order valence-corrected chi connectivity index (χ0v) is 7.32. The maximum atomic E-state index is 10.4. The van der Waals surface area contributed by atoms with E-state index in [1.54, 1.807) is 0 Å². The Labute approximate surface area is 79.3 Å². The summed E-state index contributed by atoms with van der Waals surface area (Å²) in [5.74, 6) is 0.155. The summed E-state index contributed by atoms with van der Waals surface area (Å²) in [4.78, 5) is 20.2. The lowest BCUT2D eigenvalue weighted by Gasteiger charge is -1.97. The van der Waals surface area contributed by atoms with Crippen LogP contribution in [0.2, 0.25) is 0 Å². The van der Waals surface area contributed by atoms with Crippen molar-refractivity contribution in [2.24, 2.45) is 0 Å². The molecule has 0 atom stereocenters. The Kier molecular flexibility index (Phi) is 2.97. The second kappa shape index (κ2) is 4.00. The summed E-state index contributed by atoms with van der Waals surface area (Å²) in [5.41, 5.74) is 0.725. The van der Waals surface area contributed by atoms with Gasteiger partial charge < -0.3 is 0 Å². The van der Waals surface area contributed by atoms with E-state index in [0.717, 1.165) is 0 Å². The minimum atomic E-state index is -0.553. The van der Waals surface area contributed by atoms with Crippen LogP contribution in [0.4, 0.5) is 5.69 Å². The van der Waals surface area contributed by atoms with Gasteiger partial charge in [0.15, 0.2) is 0 Å². The molecule has 1 rings (SSSR count). The summed E-state index contributed by atoms with van der Waals surface area (Å²) in [6.45, 7) is 0. The molecule has 5 heteroatoms. The zero-order valence-electron chi connectivity index (χ0n) is 6.57. The van der Waals surface area contributed by atoms with Crippen LogP contribution in [0, 0.1) is 10.1 Å². The largest absolute Gasteiger partial charge is 0.298 e. The van der Waals surface area contributed by atoms with E-state index >= 15 is 0 Å². The Balaban J connectivity index is 3.22. The van der Waals surface area contributed by atoms with Crippen LogP contribution in [-0.4, -0.2) is 11.2 Å². The second-order valence-corrected chi connectivity index (χ2v) is 2.71. The van der Waals surface area contributed by atoms with Gasteiger partial charge in [0, 0.05) is 23.6 Å². The maximum absolute atomic E-state index is 10.4. The molecule has 0 aromatic heterocycles. The lowest BCUT2D eigenvalue weighted by molar-refractivity contribution is -0.384. The van der Waals surface area contributed by atoms with Crippen LogP contribution in [0.25, 0.3) is 0 Å². The van der Waals surface area contributed by atoms with Crippen LogP contribution in [0.3, 0.4) is 0 Å². The lowest BCUT2D eigenvalue weighted by atomic mass is 10.1. The number of rotatable bonds is 3. The molecule has 0 aliphatic rings. The van der Waals surface area contributed by atoms with E-state index in [0.29, 0.717) is 11.8 Å². The molecule has 13 heavy (non-hydrogen) atoms. The van der Waals surface area contributed by atoms with E-state index in [1.165, 1.54) is 18.2 Å². The predicted molar refractivity (Wildman–Crippen MR) is 48.0 cm³/mol. The molecule has 0 amide bonds. The summed E-state index contributed by atoms with van der Waals surface area (Å²) in [5, 5.41) is 10.4. The van der Waals surface area contributed by atoms with Crippen molar-refractivity contribution < 1.29 is 9.72 Å². The van der Waals surface area contributed by atoms with Gasteiger partial charge in [0.1, 0.15) is 6.29 Å². The number of carbonyl (C=O) groups excluding carboxylic acids is 1. The minimum absolute atomic E-state index is 0.111. The minimum Gasteiger partial charge on any atom is -0.298 e. The predicted octanol–water partition coefficient (Wildman–Crippen LogP) is 2.15. The molecule has 0 heterocycles. The molecular formula is C8H6ClNO3. The van der Waals surface area contributed by atoms with Crippen molar-refractivity contribution in [1.82, 2.24) is 0 Å². The second-order valence-electron chi connectivity index (χ2n) is 2.44. The molecule has 0 aliphatic carbocycles. The number of halogens is 1. The quantitative estimate of drug-likeness (QED) is 0.324. The van der Waals surface area contributed by atoms with Crippen LogP contribution in [0.15, 0.2) is 18.2 Å². The van der Waals surface area contributed by atoms with Gasteiger partial charge in [0.2, 0.25) is 0 Å². The zero-order chi connectivity index (χ0) is 9.84. The Bertz CT molecular complexity index is 351. The molecule has 68 valence electrons. The fourth-order valence-electron chi connectivity index (χ4n) is 0.950. The van der Waals surface area contributed by atoms with Gasteiger partial charge in [-0.05, 0) is 11.6 Å². The first-order valence-electron chi connectivity index (χ1n) is 3.47. The molecule has 0 saturated heterocycles. The number of non-ortho nitro benzene ring substituents is 1. The first-order valence-corrected chi connectivity index (χ1v) is 4.00. The number of nitro benzene ring substituents is 1.